The molecule has 2 fully saturated rings. The zero-order valence-electron chi connectivity index (χ0n) is 17.0. The smallest absolute Gasteiger partial charge is 0.303 e. The van der Waals surface area contributed by atoms with Gasteiger partial charge in [-0.05, 0) is 5.92 Å². The van der Waals surface area contributed by atoms with Crippen LogP contribution in [-0.2, 0) is 47.5 Å². The number of rotatable bonds is 7. The van der Waals surface area contributed by atoms with Crippen molar-refractivity contribution in [2.45, 2.75) is 78.2 Å². The van der Waals surface area contributed by atoms with Crippen LogP contribution >= 0.6 is 0 Å². The normalized spacial score (nSPS) is 34.6. The van der Waals surface area contributed by atoms with Crippen molar-refractivity contribution in [3.05, 3.63) is 0 Å². The second-order valence-electron chi connectivity index (χ2n) is 7.26. The van der Waals surface area contributed by atoms with Crippen LogP contribution in [0.5, 0.6) is 0 Å². The van der Waals surface area contributed by atoms with Crippen molar-refractivity contribution < 1.29 is 47.5 Å². The fraction of sp³-hybridized carbons (Fsp3) is 0.833. The summed E-state index contributed by atoms with van der Waals surface area (Å²) in [5.74, 6) is -2.97. The first-order valence-electron chi connectivity index (χ1n) is 9.13. The van der Waals surface area contributed by atoms with E-state index in [1.807, 2.05) is 13.8 Å². The molecule has 0 bridgehead atoms. The van der Waals surface area contributed by atoms with Gasteiger partial charge in [0.25, 0.3) is 5.97 Å². The van der Waals surface area contributed by atoms with Crippen LogP contribution in [0.1, 0.15) is 41.5 Å². The van der Waals surface area contributed by atoms with E-state index in [-0.39, 0.29) is 12.5 Å². The van der Waals surface area contributed by atoms with Crippen molar-refractivity contribution in [1.29, 1.82) is 0 Å². The highest BCUT2D eigenvalue weighted by Gasteiger charge is 2.59. The van der Waals surface area contributed by atoms with E-state index in [2.05, 4.69) is 0 Å². The average molecular weight is 404 g/mol. The number of fused-ring (bicyclic) bond motifs is 1. The first kappa shape index (κ1) is 22.5. The van der Waals surface area contributed by atoms with Gasteiger partial charge in [0, 0.05) is 27.7 Å². The lowest BCUT2D eigenvalue weighted by molar-refractivity contribution is -0.346. The number of carbonyl (C=O) groups excluding carboxylic acids is 3. The van der Waals surface area contributed by atoms with Gasteiger partial charge in [-0.1, -0.05) is 13.8 Å². The molecule has 10 heteroatoms. The largest absolute Gasteiger partial charge is 0.463 e. The third-order valence-electron chi connectivity index (χ3n) is 4.01. The van der Waals surface area contributed by atoms with E-state index in [0.29, 0.717) is 6.61 Å². The summed E-state index contributed by atoms with van der Waals surface area (Å²) in [7, 11) is 0. The standard InChI is InChI=1S/C18H28O10/c1-9(2)7-23-18(6)27-16-15(25-12(5)21)14(24-11(4)20)13(8-22-10(3)19)26-17(16)28-18/h9,13-17H,7-8H2,1-6H3/t13-,14+,15+,16-,17?,18?/m1/s1. The molecule has 2 heterocycles. The zero-order chi connectivity index (χ0) is 21.1. The summed E-state index contributed by atoms with van der Waals surface area (Å²) in [6, 6.07) is 0. The quantitative estimate of drug-likeness (QED) is 0.447. The summed E-state index contributed by atoms with van der Waals surface area (Å²) in [6.45, 7) is 9.32. The summed E-state index contributed by atoms with van der Waals surface area (Å²) >= 11 is 0. The predicted molar refractivity (Wildman–Crippen MR) is 91.6 cm³/mol. The molecule has 6 atom stereocenters. The number of ether oxygens (including phenoxy) is 7. The van der Waals surface area contributed by atoms with Crippen LogP contribution < -0.4 is 0 Å². The molecule has 2 unspecified atom stereocenters. The van der Waals surface area contributed by atoms with Crippen molar-refractivity contribution in [2.24, 2.45) is 5.92 Å². The second-order valence-corrected chi connectivity index (χ2v) is 7.26. The molecule has 160 valence electrons. The van der Waals surface area contributed by atoms with Crippen LogP contribution in [-0.4, -0.2) is 67.8 Å². The predicted octanol–water partition coefficient (Wildman–Crippen LogP) is 0.899. The van der Waals surface area contributed by atoms with Gasteiger partial charge in [-0.3, -0.25) is 19.1 Å². The van der Waals surface area contributed by atoms with Crippen molar-refractivity contribution in [3.8, 4) is 0 Å². The van der Waals surface area contributed by atoms with Crippen molar-refractivity contribution in [2.75, 3.05) is 13.2 Å². The average Bonchev–Trinajstić information content (AvgIpc) is 2.89. The van der Waals surface area contributed by atoms with E-state index in [1.54, 1.807) is 6.92 Å². The van der Waals surface area contributed by atoms with Crippen molar-refractivity contribution in [1.82, 2.24) is 0 Å². The summed E-state index contributed by atoms with van der Waals surface area (Å²) < 4.78 is 38.8. The van der Waals surface area contributed by atoms with Gasteiger partial charge in [0.05, 0.1) is 6.61 Å². The van der Waals surface area contributed by atoms with Gasteiger partial charge in [-0.15, -0.1) is 0 Å². The van der Waals surface area contributed by atoms with E-state index < -0.39 is 54.6 Å². The molecule has 2 rings (SSSR count). The maximum absolute atomic E-state index is 11.7. The second kappa shape index (κ2) is 9.17. The highest BCUT2D eigenvalue weighted by Crippen LogP contribution is 2.39. The SMILES string of the molecule is CC(=O)OC[C@H]1OC2OC(C)(OCC(C)C)O[C@@H]2[C@@H](OC(C)=O)[C@H]1OC(C)=O. The Kier molecular flexibility index (Phi) is 7.38. The lowest BCUT2D eigenvalue weighted by Crippen LogP contribution is -2.60. The molecule has 10 nitrogen and oxygen atoms in total. The van der Waals surface area contributed by atoms with Crippen LogP contribution in [0.25, 0.3) is 0 Å². The van der Waals surface area contributed by atoms with Crippen LogP contribution in [0.4, 0.5) is 0 Å². The van der Waals surface area contributed by atoms with Gasteiger partial charge in [0.1, 0.15) is 12.7 Å². The Morgan fingerprint density at radius 2 is 1.57 bits per heavy atom. The van der Waals surface area contributed by atoms with Crippen LogP contribution in [0, 0.1) is 5.92 Å². The minimum absolute atomic E-state index is 0.221. The Balaban J connectivity index is 2.26. The zero-order valence-corrected chi connectivity index (χ0v) is 17.0. The van der Waals surface area contributed by atoms with Crippen molar-refractivity contribution >= 4 is 17.9 Å². The van der Waals surface area contributed by atoms with E-state index in [9.17, 15) is 14.4 Å². The number of hydrogen-bond acceptors (Lipinski definition) is 10. The lowest BCUT2D eigenvalue weighted by atomic mass is 9.98. The summed E-state index contributed by atoms with van der Waals surface area (Å²) in [6.07, 6.45) is -4.90. The molecule has 0 amide bonds. The van der Waals surface area contributed by atoms with Crippen LogP contribution in [0.3, 0.4) is 0 Å². The number of carbonyl (C=O) groups is 3. The topological polar surface area (TPSA) is 116 Å². The maximum atomic E-state index is 11.7. The number of esters is 3. The molecule has 28 heavy (non-hydrogen) atoms. The van der Waals surface area contributed by atoms with Gasteiger partial charge in [-0.2, -0.15) is 0 Å². The Hall–Kier alpha value is -1.75. The summed E-state index contributed by atoms with van der Waals surface area (Å²) in [5.41, 5.74) is 0. The highest BCUT2D eigenvalue weighted by molar-refractivity contribution is 5.67. The first-order chi connectivity index (χ1) is 13.0. The van der Waals surface area contributed by atoms with E-state index in [4.69, 9.17) is 33.2 Å². The Labute approximate surface area is 163 Å². The Bertz CT molecular complexity index is 591. The molecule has 0 aromatic heterocycles. The first-order valence-corrected chi connectivity index (χ1v) is 9.13. The Morgan fingerprint density at radius 3 is 2.11 bits per heavy atom. The van der Waals surface area contributed by atoms with Gasteiger partial charge < -0.3 is 28.4 Å². The molecule has 2 aliphatic heterocycles. The van der Waals surface area contributed by atoms with Crippen LogP contribution in [0.2, 0.25) is 0 Å². The van der Waals surface area contributed by atoms with E-state index in [0.717, 1.165) is 0 Å². The molecule has 0 aliphatic carbocycles. The van der Waals surface area contributed by atoms with E-state index >= 15 is 0 Å². The van der Waals surface area contributed by atoms with Gasteiger partial charge >= 0.3 is 17.9 Å². The van der Waals surface area contributed by atoms with E-state index in [1.165, 1.54) is 20.8 Å². The molecule has 0 spiro atoms. The molecule has 2 aliphatic rings. The fourth-order valence-electron chi connectivity index (χ4n) is 2.96. The minimum atomic E-state index is -1.44. The monoisotopic (exact) mass is 404 g/mol. The molecule has 0 N–H and O–H groups in total. The number of hydrogen-bond donors (Lipinski definition) is 0. The maximum Gasteiger partial charge on any atom is 0.303 e. The minimum Gasteiger partial charge on any atom is -0.463 e. The van der Waals surface area contributed by atoms with Crippen LogP contribution in [0.15, 0.2) is 0 Å². The highest BCUT2D eigenvalue weighted by atomic mass is 16.9. The lowest BCUT2D eigenvalue weighted by Gasteiger charge is -2.40. The third-order valence-corrected chi connectivity index (χ3v) is 4.01. The van der Waals surface area contributed by atoms with Gasteiger partial charge in [0.15, 0.2) is 24.6 Å². The Morgan fingerprint density at radius 1 is 0.964 bits per heavy atom. The third kappa shape index (κ3) is 5.87. The molecule has 0 aromatic carbocycles. The van der Waals surface area contributed by atoms with Gasteiger partial charge in [0.2, 0.25) is 0 Å². The summed E-state index contributed by atoms with van der Waals surface area (Å²) in [4.78, 5) is 34.5. The fourth-order valence-corrected chi connectivity index (χ4v) is 2.96. The molecule has 2 saturated heterocycles. The summed E-state index contributed by atoms with van der Waals surface area (Å²) in [5, 5.41) is 0. The molecule has 0 saturated carbocycles. The molecule has 0 radical (unpaired) electrons. The van der Waals surface area contributed by atoms with Gasteiger partial charge in [-0.25, -0.2) is 0 Å². The molecular formula is C18H28O10. The molecule has 0 aromatic rings. The van der Waals surface area contributed by atoms with Crippen molar-refractivity contribution in [3.63, 3.8) is 0 Å². The molecular weight excluding hydrogens is 376 g/mol.